The van der Waals surface area contributed by atoms with Gasteiger partial charge in [-0.2, -0.15) is 0 Å². The zero-order valence-electron chi connectivity index (χ0n) is 7.39. The predicted octanol–water partition coefficient (Wildman–Crippen LogP) is 4.54. The van der Waals surface area contributed by atoms with Gasteiger partial charge in [-0.3, -0.25) is 0 Å². The van der Waals surface area contributed by atoms with Crippen molar-refractivity contribution in [2.45, 2.75) is 0 Å². The molecule has 15 heavy (non-hydrogen) atoms. The second kappa shape index (κ2) is 3.83. The number of rotatable bonds is 2. The summed E-state index contributed by atoms with van der Waals surface area (Å²) in [5.74, 6) is -2.29. The van der Waals surface area contributed by atoms with Gasteiger partial charge in [0.25, 0.3) is 0 Å². The van der Waals surface area contributed by atoms with Gasteiger partial charge >= 0.3 is 0 Å². The van der Waals surface area contributed by atoms with E-state index in [1.165, 1.54) is 11.5 Å². The molecule has 0 aliphatic rings. The Morgan fingerprint density at radius 1 is 1.00 bits per heavy atom. The normalized spacial score (nSPS) is 10.6. The number of hydrogen-bond donors (Lipinski definition) is 0. The molecule has 0 nitrogen and oxygen atoms in total. The zero-order chi connectivity index (χ0) is 11.0. The van der Waals surface area contributed by atoms with Gasteiger partial charge < -0.3 is 0 Å². The number of halogens is 3. The first-order chi connectivity index (χ1) is 7.15. The van der Waals surface area contributed by atoms with Gasteiger partial charge in [-0.05, 0) is 0 Å². The molecule has 0 unspecified atom stereocenters. The molecule has 0 aliphatic heterocycles. The van der Waals surface area contributed by atoms with Gasteiger partial charge in [0.1, 0.15) is 5.82 Å². The third kappa shape index (κ3) is 1.61. The predicted molar refractivity (Wildman–Crippen MR) is 57.6 cm³/mol. The third-order valence-electron chi connectivity index (χ3n) is 1.88. The SMILES string of the molecule is C=Cc1c(F)csc1-c1scc(F)c1F. The highest BCUT2D eigenvalue weighted by Gasteiger charge is 2.18. The van der Waals surface area contributed by atoms with Crippen LogP contribution in [0.15, 0.2) is 17.3 Å². The van der Waals surface area contributed by atoms with Crippen molar-refractivity contribution >= 4 is 28.7 Å². The van der Waals surface area contributed by atoms with E-state index in [4.69, 9.17) is 0 Å². The van der Waals surface area contributed by atoms with Crippen LogP contribution in [-0.4, -0.2) is 0 Å². The van der Waals surface area contributed by atoms with Gasteiger partial charge in [0, 0.05) is 16.3 Å². The van der Waals surface area contributed by atoms with Gasteiger partial charge in [-0.25, -0.2) is 13.2 Å². The van der Waals surface area contributed by atoms with Crippen LogP contribution in [0.25, 0.3) is 15.8 Å². The molecule has 0 saturated heterocycles. The van der Waals surface area contributed by atoms with Crippen molar-refractivity contribution in [3.8, 4) is 9.75 Å². The largest absolute Gasteiger partial charge is 0.205 e. The summed E-state index contributed by atoms with van der Waals surface area (Å²) in [4.78, 5) is 0.505. The molecule has 5 heteroatoms. The summed E-state index contributed by atoms with van der Waals surface area (Å²) in [6.07, 6.45) is 1.30. The molecule has 0 aromatic carbocycles. The minimum Gasteiger partial charge on any atom is -0.205 e. The molecule has 0 bridgehead atoms. The Morgan fingerprint density at radius 3 is 2.13 bits per heavy atom. The molecule has 0 fully saturated rings. The summed E-state index contributed by atoms with van der Waals surface area (Å²) in [5.41, 5.74) is 0.223. The highest BCUT2D eigenvalue weighted by molar-refractivity contribution is 7.20. The van der Waals surface area contributed by atoms with E-state index in [-0.39, 0.29) is 10.4 Å². The summed E-state index contributed by atoms with van der Waals surface area (Å²) in [5, 5.41) is 2.32. The first kappa shape index (κ1) is 10.4. The third-order valence-corrected chi connectivity index (χ3v) is 3.94. The van der Waals surface area contributed by atoms with E-state index >= 15 is 0 Å². The van der Waals surface area contributed by atoms with Crippen LogP contribution in [0.1, 0.15) is 5.56 Å². The van der Waals surface area contributed by atoms with E-state index in [9.17, 15) is 13.2 Å². The van der Waals surface area contributed by atoms with Gasteiger partial charge in [-0.1, -0.05) is 12.7 Å². The Hall–Kier alpha value is -1.07. The molecular formula is C10H5F3S2. The van der Waals surface area contributed by atoms with E-state index in [0.29, 0.717) is 4.88 Å². The van der Waals surface area contributed by atoms with E-state index in [1.54, 1.807) is 0 Å². The lowest BCUT2D eigenvalue weighted by molar-refractivity contribution is 0.518. The second-order valence-electron chi connectivity index (χ2n) is 2.76. The molecule has 2 heterocycles. The Balaban J connectivity index is 2.63. The topological polar surface area (TPSA) is 0 Å². The summed E-state index contributed by atoms with van der Waals surface area (Å²) in [6.45, 7) is 3.44. The van der Waals surface area contributed by atoms with E-state index < -0.39 is 17.5 Å². The van der Waals surface area contributed by atoms with Gasteiger partial charge in [0.05, 0.1) is 9.75 Å². The average molecular weight is 246 g/mol. The van der Waals surface area contributed by atoms with Crippen LogP contribution in [0, 0.1) is 17.5 Å². The molecule has 0 aliphatic carbocycles. The second-order valence-corrected chi connectivity index (χ2v) is 4.52. The Morgan fingerprint density at radius 2 is 1.60 bits per heavy atom. The minimum absolute atomic E-state index is 0.122. The van der Waals surface area contributed by atoms with E-state index in [1.807, 2.05) is 0 Å². The maximum atomic E-state index is 13.3. The Kier molecular flexibility index (Phi) is 2.67. The lowest BCUT2D eigenvalue weighted by Gasteiger charge is -1.95. The smallest absolute Gasteiger partial charge is 0.178 e. The fourth-order valence-corrected chi connectivity index (χ4v) is 3.07. The molecule has 78 valence electrons. The van der Waals surface area contributed by atoms with Crippen LogP contribution in [0.4, 0.5) is 13.2 Å². The summed E-state index contributed by atoms with van der Waals surface area (Å²) in [6, 6.07) is 0. The first-order valence-corrected chi connectivity index (χ1v) is 5.73. The average Bonchev–Trinajstić information content (AvgIpc) is 2.73. The van der Waals surface area contributed by atoms with Crippen molar-refractivity contribution in [3.05, 3.63) is 40.4 Å². The molecule has 2 rings (SSSR count). The monoisotopic (exact) mass is 246 g/mol. The summed E-state index contributed by atoms with van der Waals surface area (Å²) < 4.78 is 39.2. The molecule has 0 radical (unpaired) electrons. The first-order valence-electron chi connectivity index (χ1n) is 3.97. The lowest BCUT2D eigenvalue weighted by Crippen LogP contribution is -1.80. The van der Waals surface area contributed by atoms with Gasteiger partial charge in [0.2, 0.25) is 0 Å². The van der Waals surface area contributed by atoms with Crippen molar-refractivity contribution in [2.75, 3.05) is 0 Å². The van der Waals surface area contributed by atoms with Crippen molar-refractivity contribution in [1.82, 2.24) is 0 Å². The molecule has 0 N–H and O–H groups in total. The van der Waals surface area contributed by atoms with Crippen LogP contribution < -0.4 is 0 Å². The van der Waals surface area contributed by atoms with Gasteiger partial charge in [0.15, 0.2) is 11.6 Å². The molecule has 0 amide bonds. The van der Waals surface area contributed by atoms with Crippen molar-refractivity contribution in [1.29, 1.82) is 0 Å². The molecule has 0 atom stereocenters. The minimum atomic E-state index is -0.926. The maximum absolute atomic E-state index is 13.3. The Bertz CT molecular complexity index is 511. The van der Waals surface area contributed by atoms with Crippen LogP contribution in [0.3, 0.4) is 0 Å². The number of thiophene rings is 2. The molecule has 2 aromatic rings. The fourth-order valence-electron chi connectivity index (χ4n) is 1.19. The zero-order valence-corrected chi connectivity index (χ0v) is 9.02. The quantitative estimate of drug-likeness (QED) is 0.730. The Labute approximate surface area is 92.3 Å². The van der Waals surface area contributed by atoms with E-state index in [2.05, 4.69) is 6.58 Å². The standard InChI is InChI=1S/C10H5F3S2/c1-2-5-6(11)3-14-9(5)10-8(13)7(12)4-15-10/h2-4H,1H2. The highest BCUT2D eigenvalue weighted by Crippen LogP contribution is 2.38. The van der Waals surface area contributed by atoms with Gasteiger partial charge in [-0.15, -0.1) is 22.7 Å². The van der Waals surface area contributed by atoms with Crippen LogP contribution in [0.2, 0.25) is 0 Å². The van der Waals surface area contributed by atoms with Crippen molar-refractivity contribution in [3.63, 3.8) is 0 Å². The summed E-state index contributed by atoms with van der Waals surface area (Å²) >= 11 is 1.96. The fraction of sp³-hybridized carbons (Fsp3) is 0. The van der Waals surface area contributed by atoms with Crippen molar-refractivity contribution in [2.24, 2.45) is 0 Å². The van der Waals surface area contributed by atoms with Crippen LogP contribution in [0.5, 0.6) is 0 Å². The van der Waals surface area contributed by atoms with Crippen LogP contribution in [-0.2, 0) is 0 Å². The molecule has 2 aromatic heterocycles. The maximum Gasteiger partial charge on any atom is 0.178 e. The lowest BCUT2D eigenvalue weighted by atomic mass is 10.2. The highest BCUT2D eigenvalue weighted by atomic mass is 32.1. The molecule has 0 saturated carbocycles. The number of hydrogen-bond acceptors (Lipinski definition) is 2. The summed E-state index contributed by atoms with van der Waals surface area (Å²) in [7, 11) is 0. The molecule has 0 spiro atoms. The van der Waals surface area contributed by atoms with E-state index in [0.717, 1.165) is 28.1 Å². The van der Waals surface area contributed by atoms with Crippen molar-refractivity contribution < 1.29 is 13.2 Å². The van der Waals surface area contributed by atoms with Crippen LogP contribution >= 0.6 is 22.7 Å². The molecular weight excluding hydrogens is 241 g/mol.